The van der Waals surface area contributed by atoms with Gasteiger partial charge in [-0.3, -0.25) is 0 Å². The zero-order valence-corrected chi connectivity index (χ0v) is 14.6. The fraction of sp³-hybridized carbons (Fsp3) is 0.667. The number of hydrogen-bond acceptors (Lipinski definition) is 3. The van der Waals surface area contributed by atoms with E-state index < -0.39 is 11.2 Å². The van der Waals surface area contributed by atoms with Gasteiger partial charge in [0, 0.05) is 0 Å². The maximum Gasteiger partial charge on any atom is 0.231 e. The van der Waals surface area contributed by atoms with Crippen LogP contribution in [-0.2, 0) is 17.6 Å². The Labute approximate surface area is 137 Å². The summed E-state index contributed by atoms with van der Waals surface area (Å²) in [4.78, 5) is 0. The molecule has 2 atom stereocenters. The number of unbranched alkanes of at least 4 members (excludes halogenated alkanes) is 3. The zero-order chi connectivity index (χ0) is 15.8. The number of rotatable bonds is 10. The largest absolute Gasteiger partial charge is 0.616 e. The van der Waals surface area contributed by atoms with Crippen molar-refractivity contribution < 1.29 is 14.0 Å². The van der Waals surface area contributed by atoms with Gasteiger partial charge in [-0.25, -0.2) is 0 Å². The Hall–Kier alpha value is -0.870. The normalized spacial score (nSPS) is 15.8. The van der Waals surface area contributed by atoms with Crippen LogP contribution >= 0.6 is 0 Å². The van der Waals surface area contributed by atoms with Crippen molar-refractivity contribution in [2.45, 2.75) is 64.0 Å². The van der Waals surface area contributed by atoms with Crippen molar-refractivity contribution in [1.82, 2.24) is 0 Å². The molecule has 0 fully saturated rings. The van der Waals surface area contributed by atoms with Gasteiger partial charge in [0.2, 0.25) is 6.79 Å². The molecule has 2 unspecified atom stereocenters. The first-order valence-electron chi connectivity index (χ1n) is 8.46. The molecular weight excluding hydrogens is 296 g/mol. The van der Waals surface area contributed by atoms with Crippen LogP contribution < -0.4 is 9.47 Å². The van der Waals surface area contributed by atoms with Gasteiger partial charge in [-0.15, -0.1) is 0 Å². The molecule has 1 aliphatic heterocycles. The highest BCUT2D eigenvalue weighted by Crippen LogP contribution is 2.32. The van der Waals surface area contributed by atoms with Crippen molar-refractivity contribution in [2.75, 3.05) is 12.5 Å². The molecule has 0 spiro atoms. The minimum Gasteiger partial charge on any atom is -0.616 e. The summed E-state index contributed by atoms with van der Waals surface area (Å²) in [7, 11) is 0. The van der Waals surface area contributed by atoms with Crippen molar-refractivity contribution in [3.63, 3.8) is 0 Å². The zero-order valence-electron chi connectivity index (χ0n) is 13.8. The maximum atomic E-state index is 12.3. The van der Waals surface area contributed by atoms with Crippen molar-refractivity contribution in [1.29, 1.82) is 0 Å². The summed E-state index contributed by atoms with van der Waals surface area (Å²) in [5.74, 6) is 2.46. The second-order valence-electron chi connectivity index (χ2n) is 6.04. The van der Waals surface area contributed by atoms with Crippen molar-refractivity contribution in [3.05, 3.63) is 23.8 Å². The quantitative estimate of drug-likeness (QED) is 0.471. The molecule has 1 aromatic carbocycles. The molecule has 0 saturated carbocycles. The summed E-state index contributed by atoms with van der Waals surface area (Å²) >= 11 is -0.699. The molecule has 0 aliphatic carbocycles. The number of ether oxygens (including phenoxy) is 2. The van der Waals surface area contributed by atoms with Crippen molar-refractivity contribution >= 4 is 11.2 Å². The van der Waals surface area contributed by atoms with Gasteiger partial charge in [0.15, 0.2) is 11.5 Å². The average molecular weight is 324 g/mol. The Kier molecular flexibility index (Phi) is 7.40. The van der Waals surface area contributed by atoms with Crippen LogP contribution in [0.4, 0.5) is 0 Å². The third kappa shape index (κ3) is 5.40. The Bertz CT molecular complexity index is 450. The average Bonchev–Trinajstić information content (AvgIpc) is 2.99. The van der Waals surface area contributed by atoms with E-state index in [0.717, 1.165) is 36.5 Å². The van der Waals surface area contributed by atoms with Crippen LogP contribution in [0, 0.1) is 0 Å². The highest BCUT2D eigenvalue weighted by Gasteiger charge is 2.17. The van der Waals surface area contributed by atoms with Gasteiger partial charge < -0.3 is 14.0 Å². The minimum absolute atomic E-state index is 0.318. The molecule has 22 heavy (non-hydrogen) atoms. The van der Waals surface area contributed by atoms with Crippen LogP contribution in [-0.4, -0.2) is 22.3 Å². The predicted octanol–water partition coefficient (Wildman–Crippen LogP) is 4.46. The van der Waals surface area contributed by atoms with Gasteiger partial charge in [0.25, 0.3) is 0 Å². The van der Waals surface area contributed by atoms with Crippen LogP contribution in [0.15, 0.2) is 18.2 Å². The monoisotopic (exact) mass is 324 g/mol. The highest BCUT2D eigenvalue weighted by atomic mass is 32.2. The lowest BCUT2D eigenvalue weighted by Gasteiger charge is -2.18. The van der Waals surface area contributed by atoms with E-state index in [-0.39, 0.29) is 0 Å². The van der Waals surface area contributed by atoms with Crippen molar-refractivity contribution in [2.24, 2.45) is 0 Å². The van der Waals surface area contributed by atoms with Crippen LogP contribution in [0.25, 0.3) is 0 Å². The first kappa shape index (κ1) is 17.5. The van der Waals surface area contributed by atoms with Crippen molar-refractivity contribution in [3.8, 4) is 11.5 Å². The topological polar surface area (TPSA) is 41.5 Å². The van der Waals surface area contributed by atoms with Crippen LogP contribution in [0.1, 0.15) is 57.9 Å². The molecule has 1 aromatic rings. The lowest BCUT2D eigenvalue weighted by molar-refractivity contribution is 0.174. The fourth-order valence-corrected chi connectivity index (χ4v) is 3.97. The first-order chi connectivity index (χ1) is 10.7. The third-order valence-electron chi connectivity index (χ3n) is 4.16. The highest BCUT2D eigenvalue weighted by molar-refractivity contribution is 7.91. The molecule has 124 valence electrons. The third-order valence-corrected chi connectivity index (χ3v) is 5.99. The van der Waals surface area contributed by atoms with E-state index in [1.165, 1.54) is 31.2 Å². The smallest absolute Gasteiger partial charge is 0.231 e. The van der Waals surface area contributed by atoms with Gasteiger partial charge in [-0.1, -0.05) is 43.4 Å². The molecule has 0 saturated heterocycles. The standard InChI is InChI=1S/C18H28O3S/c1-3-4-5-6-8-15(2)22(19)12-7-9-16-10-11-17-18(13-16)21-14-20-17/h10-11,13,15H,3-9,12,14H2,1-2H3. The van der Waals surface area contributed by atoms with Gasteiger partial charge in [-0.05, 0) is 50.3 Å². The van der Waals surface area contributed by atoms with Crippen LogP contribution in [0.3, 0.4) is 0 Å². The summed E-state index contributed by atoms with van der Waals surface area (Å²) in [6, 6.07) is 6.08. The van der Waals surface area contributed by atoms with Gasteiger partial charge in [-0.2, -0.15) is 0 Å². The van der Waals surface area contributed by atoms with E-state index >= 15 is 0 Å². The summed E-state index contributed by atoms with van der Waals surface area (Å²) in [6.45, 7) is 4.67. The molecule has 0 bridgehead atoms. The number of aryl methyl sites for hydroxylation is 1. The Morgan fingerprint density at radius 1 is 1.14 bits per heavy atom. The molecule has 1 heterocycles. The van der Waals surface area contributed by atoms with E-state index in [1.54, 1.807) is 0 Å². The Balaban J connectivity index is 1.65. The Morgan fingerprint density at radius 3 is 2.77 bits per heavy atom. The second-order valence-corrected chi connectivity index (χ2v) is 8.01. The molecular formula is C18H28O3S. The van der Waals surface area contributed by atoms with E-state index in [2.05, 4.69) is 19.9 Å². The van der Waals surface area contributed by atoms with E-state index in [9.17, 15) is 4.55 Å². The fourth-order valence-electron chi connectivity index (χ4n) is 2.71. The summed E-state index contributed by atoms with van der Waals surface area (Å²) in [5, 5.41) is 0.327. The lowest BCUT2D eigenvalue weighted by Crippen LogP contribution is -2.21. The van der Waals surface area contributed by atoms with E-state index in [4.69, 9.17) is 9.47 Å². The van der Waals surface area contributed by atoms with Crippen LogP contribution in [0.5, 0.6) is 11.5 Å². The lowest BCUT2D eigenvalue weighted by atomic mass is 10.1. The van der Waals surface area contributed by atoms with Gasteiger partial charge >= 0.3 is 0 Å². The minimum atomic E-state index is -0.699. The molecule has 0 aromatic heterocycles. The van der Waals surface area contributed by atoms with E-state index in [1.807, 2.05) is 12.1 Å². The number of hydrogen-bond donors (Lipinski definition) is 0. The number of benzene rings is 1. The maximum absolute atomic E-state index is 12.3. The molecule has 0 radical (unpaired) electrons. The molecule has 0 N–H and O–H groups in total. The SMILES string of the molecule is CCCCCCC(C)[S+]([O-])CCCc1ccc2c(c1)OCO2. The Morgan fingerprint density at radius 2 is 1.95 bits per heavy atom. The van der Waals surface area contributed by atoms with Gasteiger partial charge in [0.1, 0.15) is 11.0 Å². The molecule has 0 amide bonds. The summed E-state index contributed by atoms with van der Waals surface area (Å²) < 4.78 is 22.9. The molecule has 1 aliphatic rings. The first-order valence-corrected chi connectivity index (χ1v) is 9.84. The van der Waals surface area contributed by atoms with Gasteiger partial charge in [0.05, 0.1) is 0 Å². The molecule has 2 rings (SSSR count). The second kappa shape index (κ2) is 9.31. The predicted molar refractivity (Wildman–Crippen MR) is 92.1 cm³/mol. The number of fused-ring (bicyclic) bond motifs is 1. The van der Waals surface area contributed by atoms with Crippen LogP contribution in [0.2, 0.25) is 0 Å². The molecule has 3 nitrogen and oxygen atoms in total. The molecule has 4 heteroatoms. The van der Waals surface area contributed by atoms with E-state index in [0.29, 0.717) is 12.0 Å². The summed E-state index contributed by atoms with van der Waals surface area (Å²) in [6.07, 6.45) is 8.04. The summed E-state index contributed by atoms with van der Waals surface area (Å²) in [5.41, 5.74) is 1.23.